The molecule has 0 amide bonds. The van der Waals surface area contributed by atoms with E-state index >= 15 is 0 Å². The largest absolute Gasteiger partial charge is 0.309 e. The third-order valence-electron chi connectivity index (χ3n) is 10.7. The molecule has 0 N–H and O–H groups in total. The lowest BCUT2D eigenvalue weighted by Crippen LogP contribution is -2.30. The molecule has 0 aliphatic heterocycles. The van der Waals surface area contributed by atoms with Gasteiger partial charge in [-0.3, -0.25) is 0 Å². The van der Waals surface area contributed by atoms with Crippen LogP contribution in [-0.2, 0) is 5.41 Å². The van der Waals surface area contributed by atoms with Crippen molar-refractivity contribution in [2.45, 2.75) is 5.41 Å². The summed E-state index contributed by atoms with van der Waals surface area (Å²) in [6.07, 6.45) is 0. The van der Waals surface area contributed by atoms with Crippen molar-refractivity contribution >= 4 is 61.6 Å². The molecule has 1 nitrogen and oxygen atoms in total. The summed E-state index contributed by atoms with van der Waals surface area (Å²) in [6.45, 7) is 0. The van der Waals surface area contributed by atoms with Crippen molar-refractivity contribution < 1.29 is 0 Å². The third kappa shape index (κ3) is 4.79. The van der Waals surface area contributed by atoms with E-state index in [1.54, 1.807) is 0 Å². The van der Waals surface area contributed by atoms with Gasteiger partial charge in [0.05, 0.1) is 16.4 Å². The maximum atomic E-state index is 3.78. The van der Waals surface area contributed by atoms with Crippen molar-refractivity contribution in [3.8, 4) is 16.8 Å². The number of benzene rings is 8. The van der Waals surface area contributed by atoms with Crippen molar-refractivity contribution in [2.75, 3.05) is 0 Å². The van der Waals surface area contributed by atoms with Crippen molar-refractivity contribution in [3.63, 3.8) is 0 Å². The predicted octanol–water partition coefficient (Wildman–Crippen LogP) is 11.7. The molecule has 10 rings (SSSR count). The van der Waals surface area contributed by atoms with Crippen LogP contribution in [0.4, 0.5) is 0 Å². The van der Waals surface area contributed by atoms with E-state index in [0.717, 1.165) is 4.47 Å². The van der Waals surface area contributed by atoms with Crippen LogP contribution in [0.25, 0.3) is 38.6 Å². The first-order valence-corrected chi connectivity index (χ1v) is 19.8. The molecule has 0 bridgehead atoms. The Morgan fingerprint density at radius 3 is 1.69 bits per heavy atom. The summed E-state index contributed by atoms with van der Waals surface area (Å²) in [5.74, 6) is 0. The van der Waals surface area contributed by atoms with Gasteiger partial charge in [0.25, 0.3) is 0 Å². The second kappa shape index (κ2) is 12.6. The van der Waals surface area contributed by atoms with Gasteiger partial charge in [0.1, 0.15) is 0 Å². The van der Waals surface area contributed by atoms with Gasteiger partial charge in [-0.25, -0.2) is 0 Å². The molecule has 1 aliphatic rings. The smallest absolute Gasteiger partial charge is 0.0714 e. The molecule has 9 aromatic rings. The zero-order chi connectivity index (χ0) is 34.6. The van der Waals surface area contributed by atoms with Crippen molar-refractivity contribution in [2.24, 2.45) is 0 Å². The van der Waals surface area contributed by atoms with E-state index in [9.17, 15) is 0 Å². The molecular formula is C49H33BrNP. The highest BCUT2D eigenvalue weighted by molar-refractivity contribution is 9.10. The SMILES string of the molecule is Brc1cccc(P(c2ccccc2)c2cccc(C3(c4ccc5c(c4)c4ccccc4n5-c4ccccc4)c4ccccc4-c4ccccc43)c2)c1. The molecular weight excluding hydrogens is 713 g/mol. The molecule has 0 saturated carbocycles. The Hall–Kier alpha value is -5.53. The van der Waals surface area contributed by atoms with E-state index in [1.165, 1.54) is 76.8 Å². The zero-order valence-corrected chi connectivity index (χ0v) is 30.8. The predicted molar refractivity (Wildman–Crippen MR) is 224 cm³/mol. The lowest BCUT2D eigenvalue weighted by molar-refractivity contribution is 0.771. The number of halogens is 1. The summed E-state index contributed by atoms with van der Waals surface area (Å²) in [5, 5.41) is 6.51. The lowest BCUT2D eigenvalue weighted by atomic mass is 9.67. The summed E-state index contributed by atoms with van der Waals surface area (Å²) < 4.78 is 3.51. The molecule has 246 valence electrons. The number of hydrogen-bond donors (Lipinski definition) is 0. The van der Waals surface area contributed by atoms with Crippen LogP contribution in [0.5, 0.6) is 0 Å². The van der Waals surface area contributed by atoms with Crippen molar-refractivity contribution in [3.05, 3.63) is 227 Å². The Morgan fingerprint density at radius 2 is 0.962 bits per heavy atom. The Bertz CT molecular complexity index is 2720. The highest BCUT2D eigenvalue weighted by atomic mass is 79.9. The molecule has 1 aromatic heterocycles. The molecule has 1 atom stereocenters. The summed E-state index contributed by atoms with van der Waals surface area (Å²) in [4.78, 5) is 0. The molecule has 8 aromatic carbocycles. The number of nitrogens with zero attached hydrogens (tertiary/aromatic N) is 1. The average molecular weight is 747 g/mol. The number of hydrogen-bond acceptors (Lipinski definition) is 0. The maximum Gasteiger partial charge on any atom is 0.0714 e. The lowest BCUT2D eigenvalue weighted by Gasteiger charge is -2.35. The van der Waals surface area contributed by atoms with Gasteiger partial charge in [-0.15, -0.1) is 0 Å². The van der Waals surface area contributed by atoms with Gasteiger partial charge in [0, 0.05) is 20.9 Å². The Balaban J connectivity index is 1.28. The van der Waals surface area contributed by atoms with Crippen molar-refractivity contribution in [1.29, 1.82) is 0 Å². The summed E-state index contributed by atoms with van der Waals surface area (Å²) in [6, 6.07) is 74.2. The second-order valence-corrected chi connectivity index (χ2v) is 16.6. The average Bonchev–Trinajstić information content (AvgIpc) is 3.70. The van der Waals surface area contributed by atoms with Crippen LogP contribution in [0.1, 0.15) is 22.3 Å². The first-order chi connectivity index (χ1) is 25.7. The number of rotatable bonds is 6. The topological polar surface area (TPSA) is 4.93 Å². The monoisotopic (exact) mass is 745 g/mol. The molecule has 3 heteroatoms. The Morgan fingerprint density at radius 1 is 0.404 bits per heavy atom. The van der Waals surface area contributed by atoms with Crippen LogP contribution in [-0.4, -0.2) is 4.57 Å². The van der Waals surface area contributed by atoms with Gasteiger partial charge < -0.3 is 4.57 Å². The van der Waals surface area contributed by atoms with Gasteiger partial charge in [0.15, 0.2) is 0 Å². The van der Waals surface area contributed by atoms with E-state index in [4.69, 9.17) is 0 Å². The number of para-hydroxylation sites is 2. The number of aromatic nitrogens is 1. The second-order valence-electron chi connectivity index (χ2n) is 13.5. The van der Waals surface area contributed by atoms with E-state index in [0.29, 0.717) is 0 Å². The van der Waals surface area contributed by atoms with E-state index in [2.05, 4.69) is 221 Å². The minimum Gasteiger partial charge on any atom is -0.309 e. The van der Waals surface area contributed by atoms with E-state index < -0.39 is 13.3 Å². The summed E-state index contributed by atoms with van der Waals surface area (Å²) >= 11 is 3.78. The molecule has 1 aliphatic carbocycles. The van der Waals surface area contributed by atoms with Crippen LogP contribution in [0.3, 0.4) is 0 Å². The highest BCUT2D eigenvalue weighted by Crippen LogP contribution is 2.56. The van der Waals surface area contributed by atoms with E-state index in [1.807, 2.05) is 0 Å². The molecule has 1 unspecified atom stereocenters. The fraction of sp³-hybridized carbons (Fsp3) is 0.0204. The normalized spacial score (nSPS) is 13.6. The van der Waals surface area contributed by atoms with Crippen LogP contribution in [0, 0.1) is 0 Å². The minimum atomic E-state index is -0.826. The number of fused-ring (bicyclic) bond motifs is 6. The van der Waals surface area contributed by atoms with Gasteiger partial charge in [0.2, 0.25) is 0 Å². The molecule has 0 radical (unpaired) electrons. The zero-order valence-electron chi connectivity index (χ0n) is 28.3. The standard InChI is InChI=1S/C49H33BrNP/c50-36-16-14-22-40(33-36)52(38-19-5-2-6-20-38)39-21-13-15-34(31-39)49(45-26-10-7-23-41(45)42-24-8-11-27-46(42)49)35-29-30-48-44(32-35)43-25-9-12-28-47(43)51(48)37-17-3-1-4-18-37/h1-33H. The molecule has 1 heterocycles. The summed E-state index contributed by atoms with van der Waals surface area (Å²) in [5.41, 5.74) is 10.9. The van der Waals surface area contributed by atoms with E-state index in [-0.39, 0.29) is 0 Å². The van der Waals surface area contributed by atoms with Gasteiger partial charge in [-0.1, -0.05) is 168 Å². The first kappa shape index (κ1) is 31.2. The van der Waals surface area contributed by atoms with Gasteiger partial charge >= 0.3 is 0 Å². The molecule has 52 heavy (non-hydrogen) atoms. The van der Waals surface area contributed by atoms with Gasteiger partial charge in [-0.2, -0.15) is 0 Å². The molecule has 0 spiro atoms. The van der Waals surface area contributed by atoms with Crippen LogP contribution >= 0.6 is 23.9 Å². The van der Waals surface area contributed by atoms with Crippen LogP contribution < -0.4 is 15.9 Å². The third-order valence-corrected chi connectivity index (χ3v) is 13.6. The summed E-state index contributed by atoms with van der Waals surface area (Å²) in [7, 11) is -0.826. The van der Waals surface area contributed by atoms with Crippen LogP contribution in [0.15, 0.2) is 205 Å². The fourth-order valence-electron chi connectivity index (χ4n) is 8.60. The first-order valence-electron chi connectivity index (χ1n) is 17.7. The Labute approximate surface area is 313 Å². The minimum absolute atomic E-state index is 0.525. The van der Waals surface area contributed by atoms with Crippen molar-refractivity contribution in [1.82, 2.24) is 4.57 Å². The quantitative estimate of drug-likeness (QED) is 0.149. The molecule has 0 saturated heterocycles. The van der Waals surface area contributed by atoms with Crippen LogP contribution in [0.2, 0.25) is 0 Å². The maximum absolute atomic E-state index is 3.78. The highest BCUT2D eigenvalue weighted by Gasteiger charge is 2.46. The fourth-order valence-corrected chi connectivity index (χ4v) is 11.6. The molecule has 0 fully saturated rings. The van der Waals surface area contributed by atoms with Gasteiger partial charge in [-0.05, 0) is 106 Å². The Kier molecular flexibility index (Phi) is 7.57.